The Kier molecular flexibility index (Phi) is 64.0. The maximum absolute atomic E-state index is 13.1. The molecule has 19 heteroatoms. The molecule has 0 aliphatic heterocycles. The third kappa shape index (κ3) is 70.3. The number of hydrogen-bond donors (Lipinski definition) is 3. The van der Waals surface area contributed by atoms with Crippen LogP contribution < -0.4 is 0 Å². The van der Waals surface area contributed by atoms with Crippen molar-refractivity contribution in [2.45, 2.75) is 401 Å². The minimum Gasteiger partial charge on any atom is -0.462 e. The van der Waals surface area contributed by atoms with Gasteiger partial charge in [0.15, 0.2) is 12.2 Å². The van der Waals surface area contributed by atoms with Crippen molar-refractivity contribution in [1.82, 2.24) is 0 Å². The van der Waals surface area contributed by atoms with Gasteiger partial charge in [0, 0.05) is 25.7 Å². The first-order chi connectivity index (χ1) is 45.6. The maximum Gasteiger partial charge on any atom is 0.472 e. The van der Waals surface area contributed by atoms with Crippen molar-refractivity contribution in [3.05, 3.63) is 0 Å². The van der Waals surface area contributed by atoms with E-state index in [0.717, 1.165) is 114 Å². The number of ether oxygens (including phenoxy) is 4. The number of rotatable bonds is 73. The normalized spacial score (nSPS) is 14.1. The molecule has 0 spiro atoms. The van der Waals surface area contributed by atoms with Crippen LogP contribution in [-0.4, -0.2) is 96.7 Å². The smallest absolute Gasteiger partial charge is 0.462 e. The first-order valence-electron chi connectivity index (χ1n) is 39.2. The van der Waals surface area contributed by atoms with Crippen molar-refractivity contribution in [3.8, 4) is 0 Å². The molecule has 564 valence electrons. The van der Waals surface area contributed by atoms with Gasteiger partial charge < -0.3 is 33.8 Å². The molecule has 0 heterocycles. The van der Waals surface area contributed by atoms with Gasteiger partial charge in [-0.25, -0.2) is 9.13 Å². The van der Waals surface area contributed by atoms with Crippen LogP contribution in [0.25, 0.3) is 0 Å². The van der Waals surface area contributed by atoms with Gasteiger partial charge >= 0.3 is 39.5 Å². The highest BCUT2D eigenvalue weighted by molar-refractivity contribution is 7.47. The summed E-state index contributed by atoms with van der Waals surface area (Å²) in [6.07, 6.45) is 50.1. The Bertz CT molecular complexity index is 1870. The van der Waals surface area contributed by atoms with Crippen LogP contribution in [0.4, 0.5) is 0 Å². The molecule has 95 heavy (non-hydrogen) atoms. The monoisotopic (exact) mass is 1400 g/mol. The highest BCUT2D eigenvalue weighted by Crippen LogP contribution is 2.45. The number of carbonyl (C=O) groups excluding carboxylic acids is 4. The van der Waals surface area contributed by atoms with Gasteiger partial charge in [0.25, 0.3) is 0 Å². The van der Waals surface area contributed by atoms with Crippen LogP contribution in [0.2, 0.25) is 0 Å². The third-order valence-corrected chi connectivity index (χ3v) is 19.5. The lowest BCUT2D eigenvalue weighted by atomic mass is 10.0. The first-order valence-corrected chi connectivity index (χ1v) is 42.2. The molecule has 3 N–H and O–H groups in total. The number of phosphoric ester groups is 2. The number of carbonyl (C=O) groups is 4. The van der Waals surface area contributed by atoms with Gasteiger partial charge in [0.05, 0.1) is 26.4 Å². The van der Waals surface area contributed by atoms with E-state index in [4.69, 9.17) is 37.0 Å². The van der Waals surface area contributed by atoms with E-state index < -0.39 is 97.5 Å². The van der Waals surface area contributed by atoms with E-state index in [2.05, 4.69) is 55.4 Å². The largest absolute Gasteiger partial charge is 0.472 e. The minimum atomic E-state index is -4.96. The lowest BCUT2D eigenvalue weighted by Crippen LogP contribution is -2.30. The van der Waals surface area contributed by atoms with E-state index in [1.54, 1.807) is 0 Å². The molecule has 0 aromatic rings. The molecule has 0 rings (SSSR count). The molecule has 3 unspecified atom stereocenters. The number of aliphatic hydroxyl groups excluding tert-OH is 1. The summed E-state index contributed by atoms with van der Waals surface area (Å²) in [6.45, 7) is 14.2. The van der Waals surface area contributed by atoms with Gasteiger partial charge in [-0.05, 0) is 49.4 Å². The predicted molar refractivity (Wildman–Crippen MR) is 386 cm³/mol. The Morgan fingerprint density at radius 3 is 0.653 bits per heavy atom. The molecule has 0 aliphatic carbocycles. The van der Waals surface area contributed by atoms with Crippen molar-refractivity contribution < 1.29 is 80.2 Å². The van der Waals surface area contributed by atoms with Gasteiger partial charge in [-0.2, -0.15) is 0 Å². The Labute approximate surface area is 581 Å². The molecule has 0 aliphatic rings. The molecule has 0 bridgehead atoms. The fraction of sp³-hybridized carbons (Fsp3) is 0.947. The fourth-order valence-corrected chi connectivity index (χ4v) is 13.1. The SMILES string of the molecule is CC(C)CCCCCCCCCCCCCCCCCCC(=O)OC[C@H](COP(=O)(O)OCC(O)COP(=O)(O)OC[C@@H](COC(=O)CCCCCCCCCCC(C)C)OC(=O)CCCCCCCCCCC(C)C)OC(=O)CCCCCCCCCCCCCC(C)C. The van der Waals surface area contributed by atoms with Crippen LogP contribution in [-0.2, 0) is 65.4 Å². The predicted octanol–water partition coefficient (Wildman–Crippen LogP) is 22.0. The van der Waals surface area contributed by atoms with E-state index in [9.17, 15) is 43.2 Å². The van der Waals surface area contributed by atoms with Crippen molar-refractivity contribution in [2.75, 3.05) is 39.6 Å². The van der Waals surface area contributed by atoms with Crippen molar-refractivity contribution >= 4 is 39.5 Å². The first kappa shape index (κ1) is 93.1. The van der Waals surface area contributed by atoms with Crippen molar-refractivity contribution in [1.29, 1.82) is 0 Å². The van der Waals surface area contributed by atoms with Crippen molar-refractivity contribution in [2.24, 2.45) is 23.7 Å². The summed E-state index contributed by atoms with van der Waals surface area (Å²) in [7, 11) is -9.91. The second-order valence-electron chi connectivity index (χ2n) is 29.3. The Hall–Kier alpha value is -1.94. The number of hydrogen-bond acceptors (Lipinski definition) is 15. The lowest BCUT2D eigenvalue weighted by molar-refractivity contribution is -0.161. The zero-order valence-corrected chi connectivity index (χ0v) is 64.1. The molecule has 0 amide bonds. The molecule has 5 atom stereocenters. The third-order valence-electron chi connectivity index (χ3n) is 17.6. The zero-order valence-electron chi connectivity index (χ0n) is 62.3. The Morgan fingerprint density at radius 2 is 0.442 bits per heavy atom. The Balaban J connectivity index is 5.22. The average Bonchev–Trinajstić information content (AvgIpc) is 1.42. The topological polar surface area (TPSA) is 237 Å². The highest BCUT2D eigenvalue weighted by atomic mass is 31.2. The number of unbranched alkanes of at least 4 members (excludes halogenated alkanes) is 39. The second kappa shape index (κ2) is 65.4. The summed E-state index contributed by atoms with van der Waals surface area (Å²) < 4.78 is 68.5. The molecule has 0 fully saturated rings. The van der Waals surface area contributed by atoms with Gasteiger partial charge in [0.1, 0.15) is 19.3 Å². The van der Waals surface area contributed by atoms with Gasteiger partial charge in [-0.1, -0.05) is 331 Å². The number of aliphatic hydroxyl groups is 1. The van der Waals surface area contributed by atoms with E-state index in [1.165, 1.54) is 186 Å². The minimum absolute atomic E-state index is 0.104. The average molecular weight is 1400 g/mol. The van der Waals surface area contributed by atoms with Crippen LogP contribution in [0, 0.1) is 23.7 Å². The van der Waals surface area contributed by atoms with Crippen LogP contribution >= 0.6 is 15.6 Å². The summed E-state index contributed by atoms with van der Waals surface area (Å²) in [5, 5.41) is 10.6. The highest BCUT2D eigenvalue weighted by Gasteiger charge is 2.30. The molecule has 0 aromatic heterocycles. The maximum atomic E-state index is 13.1. The molecule has 17 nitrogen and oxygen atoms in total. The number of phosphoric acid groups is 2. The van der Waals surface area contributed by atoms with Crippen LogP contribution in [0.15, 0.2) is 0 Å². The molecular weight excluding hydrogens is 1250 g/mol. The lowest BCUT2D eigenvalue weighted by Gasteiger charge is -2.21. The summed E-state index contributed by atoms with van der Waals surface area (Å²) in [5.41, 5.74) is 0. The quantitative estimate of drug-likeness (QED) is 0.0222. The van der Waals surface area contributed by atoms with Crippen LogP contribution in [0.5, 0.6) is 0 Å². The zero-order chi connectivity index (χ0) is 70.3. The van der Waals surface area contributed by atoms with Crippen LogP contribution in [0.1, 0.15) is 383 Å². The van der Waals surface area contributed by atoms with Gasteiger partial charge in [-0.15, -0.1) is 0 Å². The van der Waals surface area contributed by atoms with Gasteiger partial charge in [-0.3, -0.25) is 37.3 Å². The van der Waals surface area contributed by atoms with Crippen molar-refractivity contribution in [3.63, 3.8) is 0 Å². The van der Waals surface area contributed by atoms with E-state index in [0.29, 0.717) is 25.7 Å². The molecule has 0 radical (unpaired) electrons. The summed E-state index contributed by atoms with van der Waals surface area (Å²) in [4.78, 5) is 72.8. The Morgan fingerprint density at radius 1 is 0.263 bits per heavy atom. The molecule has 0 saturated heterocycles. The fourth-order valence-electron chi connectivity index (χ4n) is 11.6. The molecule has 0 aromatic carbocycles. The molecular formula is C76H148O17P2. The van der Waals surface area contributed by atoms with Gasteiger partial charge in [0.2, 0.25) is 0 Å². The second-order valence-corrected chi connectivity index (χ2v) is 32.2. The summed E-state index contributed by atoms with van der Waals surface area (Å²) in [6, 6.07) is 0. The molecule has 0 saturated carbocycles. The summed E-state index contributed by atoms with van der Waals surface area (Å²) in [5.74, 6) is 0.900. The van der Waals surface area contributed by atoms with E-state index in [1.807, 2.05) is 0 Å². The van der Waals surface area contributed by atoms with E-state index >= 15 is 0 Å². The number of esters is 4. The summed E-state index contributed by atoms with van der Waals surface area (Å²) >= 11 is 0. The standard InChI is InChI=1S/C76H148O17P2/c1-66(2)52-44-36-28-20-16-13-11-9-10-12-14-18-22-32-40-48-56-73(78)86-62-71(92-75(80)58-50-42-34-23-19-15-17-21-29-37-45-53-67(3)4)64-90-94(82,83)88-60-70(77)61-89-95(84,85)91-65-72(93-76(81)59-51-43-35-27-25-31-39-47-55-69(7)8)63-87-74(79)57-49-41-33-26-24-30-38-46-54-68(5)6/h66-72,77H,9-65H2,1-8H3,(H,82,83)(H,84,85)/t70?,71-,72-/m1/s1. The van der Waals surface area contributed by atoms with E-state index in [-0.39, 0.29) is 25.7 Å². The van der Waals surface area contributed by atoms with Crippen LogP contribution in [0.3, 0.4) is 0 Å².